The maximum Gasteiger partial charge on any atom is 0.377 e. The number of amides is 1. The predicted octanol–water partition coefficient (Wildman–Crippen LogP) is 1.71. The monoisotopic (exact) mass is 355 g/mol. The van der Waals surface area contributed by atoms with Gasteiger partial charge in [0.2, 0.25) is 11.5 Å². The van der Waals surface area contributed by atoms with Crippen molar-refractivity contribution in [3.8, 4) is 0 Å². The van der Waals surface area contributed by atoms with Crippen LogP contribution in [0.25, 0.3) is 0 Å². The SMILES string of the molecule is CN(Cc1ccc(F)cc1[S+](C)[O-])C(=O)/C=C1\OC(C)(C)OC1=O. The molecule has 1 aliphatic heterocycles. The highest BCUT2D eigenvalue weighted by molar-refractivity contribution is 7.90. The first-order valence-electron chi connectivity index (χ1n) is 7.10. The topological polar surface area (TPSA) is 78.9 Å². The smallest absolute Gasteiger partial charge is 0.377 e. The Balaban J connectivity index is 2.14. The van der Waals surface area contributed by atoms with E-state index in [1.165, 1.54) is 36.4 Å². The number of halogens is 1. The number of ether oxygens (including phenoxy) is 2. The molecule has 0 bridgehead atoms. The molecule has 130 valence electrons. The van der Waals surface area contributed by atoms with Crippen molar-refractivity contribution >= 4 is 23.1 Å². The highest BCUT2D eigenvalue weighted by Crippen LogP contribution is 2.26. The second-order valence-corrected chi connectivity index (χ2v) is 7.15. The molecule has 0 spiro atoms. The van der Waals surface area contributed by atoms with Crippen molar-refractivity contribution in [3.63, 3.8) is 0 Å². The average Bonchev–Trinajstić information content (AvgIpc) is 2.72. The Hall–Kier alpha value is -2.06. The molecule has 1 amide bonds. The van der Waals surface area contributed by atoms with E-state index in [2.05, 4.69) is 0 Å². The summed E-state index contributed by atoms with van der Waals surface area (Å²) in [4.78, 5) is 25.5. The minimum atomic E-state index is -1.39. The molecule has 6 nitrogen and oxygen atoms in total. The quantitative estimate of drug-likeness (QED) is 0.467. The molecule has 24 heavy (non-hydrogen) atoms. The number of rotatable bonds is 4. The Morgan fingerprint density at radius 2 is 2.08 bits per heavy atom. The van der Waals surface area contributed by atoms with E-state index in [4.69, 9.17) is 9.47 Å². The second-order valence-electron chi connectivity index (χ2n) is 5.80. The maximum absolute atomic E-state index is 13.3. The summed E-state index contributed by atoms with van der Waals surface area (Å²) in [5.74, 6) is -2.97. The third kappa shape index (κ3) is 4.27. The summed E-state index contributed by atoms with van der Waals surface area (Å²) in [6.07, 6.45) is 2.48. The van der Waals surface area contributed by atoms with Crippen molar-refractivity contribution in [2.45, 2.75) is 31.1 Å². The zero-order valence-electron chi connectivity index (χ0n) is 13.8. The molecular formula is C16H18FNO5S. The van der Waals surface area contributed by atoms with Crippen molar-refractivity contribution in [2.75, 3.05) is 13.3 Å². The summed E-state index contributed by atoms with van der Waals surface area (Å²) in [6.45, 7) is 3.22. The molecule has 1 aliphatic rings. The lowest BCUT2D eigenvalue weighted by atomic mass is 10.2. The first-order chi connectivity index (χ1) is 11.1. The van der Waals surface area contributed by atoms with Gasteiger partial charge in [-0.2, -0.15) is 0 Å². The molecule has 2 rings (SSSR count). The van der Waals surface area contributed by atoms with Crippen LogP contribution in [0.5, 0.6) is 0 Å². The van der Waals surface area contributed by atoms with Gasteiger partial charge in [0.25, 0.3) is 5.91 Å². The van der Waals surface area contributed by atoms with Crippen molar-refractivity contribution in [1.82, 2.24) is 4.90 Å². The fraction of sp³-hybridized carbons (Fsp3) is 0.375. The van der Waals surface area contributed by atoms with Gasteiger partial charge in [-0.25, -0.2) is 9.18 Å². The molecule has 1 unspecified atom stereocenters. The Labute approximate surface area is 142 Å². The fourth-order valence-electron chi connectivity index (χ4n) is 2.17. The van der Waals surface area contributed by atoms with E-state index in [1.54, 1.807) is 13.8 Å². The molecule has 8 heteroatoms. The van der Waals surface area contributed by atoms with Gasteiger partial charge < -0.3 is 18.9 Å². The van der Waals surface area contributed by atoms with Gasteiger partial charge in [-0.3, -0.25) is 4.79 Å². The molecule has 1 aromatic rings. The number of carbonyl (C=O) groups is 2. The number of cyclic esters (lactones) is 1. The number of carbonyl (C=O) groups excluding carboxylic acids is 2. The normalized spacial score (nSPS) is 18.9. The van der Waals surface area contributed by atoms with Crippen molar-refractivity contribution < 1.29 is 28.0 Å². The van der Waals surface area contributed by atoms with Gasteiger partial charge >= 0.3 is 5.97 Å². The molecule has 0 aliphatic carbocycles. The summed E-state index contributed by atoms with van der Waals surface area (Å²) in [5, 5.41) is 0. The second kappa shape index (κ2) is 6.82. The number of nitrogens with zero attached hydrogens (tertiary/aromatic N) is 1. The number of hydrogen-bond acceptors (Lipinski definition) is 5. The molecular weight excluding hydrogens is 337 g/mol. The van der Waals surface area contributed by atoms with Crippen LogP contribution in [0.15, 0.2) is 34.9 Å². The van der Waals surface area contributed by atoms with E-state index in [-0.39, 0.29) is 12.3 Å². The molecule has 1 heterocycles. The maximum atomic E-state index is 13.3. The van der Waals surface area contributed by atoms with Crippen LogP contribution in [0.2, 0.25) is 0 Å². The lowest BCUT2D eigenvalue weighted by Crippen LogP contribution is -2.26. The highest BCUT2D eigenvalue weighted by Gasteiger charge is 2.38. The Morgan fingerprint density at radius 1 is 1.42 bits per heavy atom. The van der Waals surface area contributed by atoms with Crippen LogP contribution in [0.1, 0.15) is 19.4 Å². The molecule has 1 atom stereocenters. The molecule has 1 fully saturated rings. The van der Waals surface area contributed by atoms with Gasteiger partial charge in [-0.05, 0) is 23.3 Å². The summed E-state index contributed by atoms with van der Waals surface area (Å²) in [7, 11) is 1.51. The minimum absolute atomic E-state index is 0.107. The highest BCUT2D eigenvalue weighted by atomic mass is 32.2. The van der Waals surface area contributed by atoms with Crippen molar-refractivity contribution in [3.05, 3.63) is 41.4 Å². The number of hydrogen-bond donors (Lipinski definition) is 0. The van der Waals surface area contributed by atoms with E-state index in [0.717, 1.165) is 6.08 Å². The molecule has 0 aromatic heterocycles. The van der Waals surface area contributed by atoms with E-state index in [1.807, 2.05) is 0 Å². The standard InChI is InChI=1S/C16H18FNO5S/c1-16(2)22-12(15(20)23-16)8-14(19)18(3)9-10-5-6-11(17)7-13(10)24(4)21/h5-8H,9H2,1-4H3/b12-8-. The largest absolute Gasteiger partial charge is 0.612 e. The zero-order valence-corrected chi connectivity index (χ0v) is 14.6. The first kappa shape index (κ1) is 18.3. The van der Waals surface area contributed by atoms with Gasteiger partial charge in [0.1, 0.15) is 12.1 Å². The van der Waals surface area contributed by atoms with Crippen LogP contribution in [0.4, 0.5) is 4.39 Å². The van der Waals surface area contributed by atoms with Gasteiger partial charge in [-0.1, -0.05) is 0 Å². The first-order valence-corrected chi connectivity index (χ1v) is 8.66. The molecule has 1 aromatic carbocycles. The van der Waals surface area contributed by atoms with Crippen LogP contribution in [0.3, 0.4) is 0 Å². The lowest BCUT2D eigenvalue weighted by Gasteiger charge is -2.18. The van der Waals surface area contributed by atoms with E-state index >= 15 is 0 Å². The fourth-order valence-corrected chi connectivity index (χ4v) is 2.95. The van der Waals surface area contributed by atoms with Gasteiger partial charge in [0.05, 0.1) is 12.6 Å². The van der Waals surface area contributed by atoms with E-state index < -0.39 is 34.7 Å². The summed E-state index contributed by atoms with van der Waals surface area (Å²) in [6, 6.07) is 3.90. The van der Waals surface area contributed by atoms with Crippen LogP contribution >= 0.6 is 0 Å². The Kier molecular flexibility index (Phi) is 5.19. The van der Waals surface area contributed by atoms with Gasteiger partial charge in [0.15, 0.2) is 4.90 Å². The van der Waals surface area contributed by atoms with Crippen molar-refractivity contribution in [2.24, 2.45) is 0 Å². The zero-order chi connectivity index (χ0) is 18.1. The van der Waals surface area contributed by atoms with Crippen LogP contribution in [-0.2, 0) is 36.8 Å². The summed E-state index contributed by atoms with van der Waals surface area (Å²) in [5.41, 5.74) is 0.557. The molecule has 0 saturated carbocycles. The third-order valence-electron chi connectivity index (χ3n) is 3.27. The molecule has 0 radical (unpaired) electrons. The summed E-state index contributed by atoms with van der Waals surface area (Å²) >= 11 is -1.39. The van der Waals surface area contributed by atoms with E-state index in [0.29, 0.717) is 10.5 Å². The van der Waals surface area contributed by atoms with Gasteiger partial charge in [0, 0.05) is 32.5 Å². The van der Waals surface area contributed by atoms with Crippen LogP contribution in [0, 0.1) is 5.82 Å². The Morgan fingerprint density at radius 3 is 2.62 bits per heavy atom. The van der Waals surface area contributed by atoms with Crippen LogP contribution < -0.4 is 0 Å². The summed E-state index contributed by atoms with van der Waals surface area (Å²) < 4.78 is 35.2. The minimum Gasteiger partial charge on any atom is -0.612 e. The Bertz CT molecular complexity index is 702. The number of benzene rings is 1. The third-order valence-corrected chi connectivity index (χ3v) is 4.27. The van der Waals surface area contributed by atoms with Crippen molar-refractivity contribution in [1.29, 1.82) is 0 Å². The predicted molar refractivity (Wildman–Crippen MR) is 84.5 cm³/mol. The van der Waals surface area contributed by atoms with Gasteiger partial charge in [-0.15, -0.1) is 0 Å². The van der Waals surface area contributed by atoms with E-state index in [9.17, 15) is 18.5 Å². The number of esters is 1. The average molecular weight is 355 g/mol. The number of likely N-dealkylation sites (N-methyl/N-ethyl adjacent to an activating group) is 1. The lowest BCUT2D eigenvalue weighted by molar-refractivity contribution is -0.159. The molecule has 1 saturated heterocycles. The molecule has 0 N–H and O–H groups in total. The van der Waals surface area contributed by atoms with Crippen LogP contribution in [-0.4, -0.2) is 40.4 Å².